The van der Waals surface area contributed by atoms with Crippen LogP contribution < -0.4 is 15.2 Å². The smallest absolute Gasteiger partial charge is 0.303 e. The largest absolute Gasteiger partial charge is 0.486 e. The predicted molar refractivity (Wildman–Crippen MR) is 75.6 cm³/mol. The molecule has 0 saturated carbocycles. The minimum Gasteiger partial charge on any atom is -0.486 e. The second-order valence-corrected chi connectivity index (χ2v) is 5.08. The third kappa shape index (κ3) is 2.99. The van der Waals surface area contributed by atoms with Gasteiger partial charge >= 0.3 is 5.97 Å². The Labute approximate surface area is 122 Å². The minimum atomic E-state index is -0.859. The average molecular weight is 300 g/mol. The van der Waals surface area contributed by atoms with Crippen LogP contribution in [0.15, 0.2) is 6.07 Å². The Morgan fingerprint density at radius 2 is 2.10 bits per heavy atom. The number of ether oxygens (including phenoxy) is 2. The summed E-state index contributed by atoms with van der Waals surface area (Å²) in [5.41, 5.74) is 7.89. The van der Waals surface area contributed by atoms with Gasteiger partial charge in [-0.3, -0.25) is 4.79 Å². The summed E-state index contributed by atoms with van der Waals surface area (Å²) in [4.78, 5) is 10.7. The monoisotopic (exact) mass is 299 g/mol. The van der Waals surface area contributed by atoms with Gasteiger partial charge in [-0.1, -0.05) is 18.5 Å². The fraction of sp³-hybridized carbons (Fsp3) is 0.500. The highest BCUT2D eigenvalue weighted by Crippen LogP contribution is 2.44. The highest BCUT2D eigenvalue weighted by atomic mass is 35.5. The molecule has 0 radical (unpaired) electrons. The normalized spacial score (nSPS) is 14.9. The number of halogens is 1. The molecule has 0 fully saturated rings. The summed E-state index contributed by atoms with van der Waals surface area (Å²) in [6, 6.07) is 1.38. The van der Waals surface area contributed by atoms with E-state index in [2.05, 4.69) is 0 Å². The zero-order valence-corrected chi connectivity index (χ0v) is 12.1. The first-order valence-electron chi connectivity index (χ1n) is 6.62. The van der Waals surface area contributed by atoms with Crippen molar-refractivity contribution in [3.8, 4) is 11.5 Å². The first kappa shape index (κ1) is 14.9. The Balaban J connectivity index is 2.37. The molecule has 0 aromatic heterocycles. The van der Waals surface area contributed by atoms with Crippen LogP contribution in [0.2, 0.25) is 5.02 Å². The van der Waals surface area contributed by atoms with E-state index in [1.165, 1.54) is 0 Å². The van der Waals surface area contributed by atoms with Crippen molar-refractivity contribution < 1.29 is 19.4 Å². The lowest BCUT2D eigenvalue weighted by molar-refractivity contribution is -0.137. The second kappa shape index (κ2) is 6.33. The number of aliphatic carboxylic acids is 1. The van der Waals surface area contributed by atoms with Crippen molar-refractivity contribution in [2.24, 2.45) is 5.73 Å². The minimum absolute atomic E-state index is 0.0242. The molecule has 20 heavy (non-hydrogen) atoms. The molecule has 2 rings (SSSR count). The van der Waals surface area contributed by atoms with Crippen molar-refractivity contribution in [3.63, 3.8) is 0 Å². The summed E-state index contributed by atoms with van der Waals surface area (Å²) in [6.07, 6.45) is 1.10. The van der Waals surface area contributed by atoms with E-state index in [9.17, 15) is 4.79 Å². The molecule has 5 nitrogen and oxygen atoms in total. The SMILES string of the molecule is CCc1c(C(N)CCC(=O)O)cc(Cl)c2c1OCCO2. The van der Waals surface area contributed by atoms with Crippen LogP contribution in [0.25, 0.3) is 0 Å². The third-order valence-electron chi connectivity index (χ3n) is 3.33. The first-order chi connectivity index (χ1) is 9.54. The van der Waals surface area contributed by atoms with Gasteiger partial charge in [-0.2, -0.15) is 0 Å². The number of nitrogens with two attached hydrogens (primary N) is 1. The summed E-state index contributed by atoms with van der Waals surface area (Å²) in [5.74, 6) is 0.345. The number of carbonyl (C=O) groups is 1. The van der Waals surface area contributed by atoms with Gasteiger partial charge in [0.15, 0.2) is 11.5 Å². The number of carboxylic acid groups (broad SMARTS) is 1. The van der Waals surface area contributed by atoms with Gasteiger partial charge in [0.05, 0.1) is 5.02 Å². The lowest BCUT2D eigenvalue weighted by atomic mass is 9.94. The van der Waals surface area contributed by atoms with E-state index in [0.717, 1.165) is 17.5 Å². The highest BCUT2D eigenvalue weighted by Gasteiger charge is 2.24. The number of benzene rings is 1. The van der Waals surface area contributed by atoms with Crippen LogP contribution in [0.4, 0.5) is 0 Å². The summed E-state index contributed by atoms with van der Waals surface area (Å²) >= 11 is 6.21. The van der Waals surface area contributed by atoms with E-state index in [0.29, 0.717) is 36.2 Å². The Morgan fingerprint density at radius 3 is 2.70 bits per heavy atom. The molecule has 1 atom stereocenters. The highest BCUT2D eigenvalue weighted by molar-refractivity contribution is 6.32. The van der Waals surface area contributed by atoms with E-state index in [1.54, 1.807) is 6.07 Å². The third-order valence-corrected chi connectivity index (χ3v) is 3.61. The van der Waals surface area contributed by atoms with Crippen LogP contribution in [-0.2, 0) is 11.2 Å². The molecule has 3 N–H and O–H groups in total. The van der Waals surface area contributed by atoms with Crippen molar-refractivity contribution >= 4 is 17.6 Å². The standard InChI is InChI=1S/C14H18ClNO4/c1-2-8-9(11(16)3-4-12(17)18)7-10(15)14-13(8)19-5-6-20-14/h7,11H,2-6,16H2,1H3,(H,17,18). The van der Waals surface area contributed by atoms with Crippen LogP contribution in [0.1, 0.15) is 36.9 Å². The molecule has 0 aliphatic carbocycles. The molecule has 1 unspecified atom stereocenters. The zero-order chi connectivity index (χ0) is 14.7. The molecule has 0 spiro atoms. The number of carboxylic acids is 1. The van der Waals surface area contributed by atoms with Gasteiger partial charge in [0.1, 0.15) is 13.2 Å². The molecule has 0 saturated heterocycles. The van der Waals surface area contributed by atoms with Crippen LogP contribution in [0.5, 0.6) is 11.5 Å². The van der Waals surface area contributed by atoms with E-state index in [4.69, 9.17) is 31.9 Å². The fourth-order valence-corrected chi connectivity index (χ4v) is 2.63. The number of hydrogen-bond acceptors (Lipinski definition) is 4. The van der Waals surface area contributed by atoms with Gasteiger partial charge in [-0.05, 0) is 24.5 Å². The van der Waals surface area contributed by atoms with Crippen molar-refractivity contribution in [1.82, 2.24) is 0 Å². The van der Waals surface area contributed by atoms with Crippen LogP contribution in [-0.4, -0.2) is 24.3 Å². The number of hydrogen-bond donors (Lipinski definition) is 2. The molecule has 6 heteroatoms. The lowest BCUT2D eigenvalue weighted by Gasteiger charge is -2.25. The van der Waals surface area contributed by atoms with Gasteiger partial charge in [-0.15, -0.1) is 0 Å². The van der Waals surface area contributed by atoms with E-state index in [-0.39, 0.29) is 12.5 Å². The zero-order valence-electron chi connectivity index (χ0n) is 11.3. The maximum Gasteiger partial charge on any atom is 0.303 e. The molecule has 1 heterocycles. The quantitative estimate of drug-likeness (QED) is 0.873. The van der Waals surface area contributed by atoms with Gasteiger partial charge in [-0.25, -0.2) is 0 Å². The first-order valence-corrected chi connectivity index (χ1v) is 7.00. The molecule has 1 aromatic carbocycles. The number of fused-ring (bicyclic) bond motifs is 1. The second-order valence-electron chi connectivity index (χ2n) is 4.67. The topological polar surface area (TPSA) is 81.8 Å². The van der Waals surface area contributed by atoms with E-state index in [1.807, 2.05) is 6.92 Å². The molecule has 1 aliphatic rings. The molecule has 1 aliphatic heterocycles. The lowest BCUT2D eigenvalue weighted by Crippen LogP contribution is -2.20. The Kier molecular flexibility index (Phi) is 4.73. The Hall–Kier alpha value is -1.46. The molecule has 110 valence electrons. The van der Waals surface area contributed by atoms with Gasteiger partial charge in [0.2, 0.25) is 0 Å². The maximum absolute atomic E-state index is 10.7. The number of rotatable bonds is 5. The maximum atomic E-state index is 10.7. The Morgan fingerprint density at radius 1 is 1.45 bits per heavy atom. The van der Waals surface area contributed by atoms with Gasteiger partial charge < -0.3 is 20.3 Å². The Bertz CT molecular complexity index is 518. The molecule has 1 aromatic rings. The fourth-order valence-electron chi connectivity index (χ4n) is 2.37. The van der Waals surface area contributed by atoms with E-state index < -0.39 is 5.97 Å². The average Bonchev–Trinajstić information content (AvgIpc) is 2.44. The summed E-state index contributed by atoms with van der Waals surface area (Å²) in [6.45, 7) is 2.94. The van der Waals surface area contributed by atoms with Crippen molar-refractivity contribution in [2.75, 3.05) is 13.2 Å². The van der Waals surface area contributed by atoms with Crippen LogP contribution in [0.3, 0.4) is 0 Å². The summed E-state index contributed by atoms with van der Waals surface area (Å²) in [7, 11) is 0. The van der Waals surface area contributed by atoms with Crippen LogP contribution in [0, 0.1) is 0 Å². The van der Waals surface area contributed by atoms with E-state index >= 15 is 0 Å². The summed E-state index contributed by atoms with van der Waals surface area (Å²) < 4.78 is 11.2. The van der Waals surface area contributed by atoms with Crippen molar-refractivity contribution in [1.29, 1.82) is 0 Å². The van der Waals surface area contributed by atoms with Crippen molar-refractivity contribution in [2.45, 2.75) is 32.2 Å². The van der Waals surface area contributed by atoms with Crippen molar-refractivity contribution in [3.05, 3.63) is 22.2 Å². The van der Waals surface area contributed by atoms with Gasteiger partial charge in [0.25, 0.3) is 0 Å². The molecule has 0 amide bonds. The molecule has 0 bridgehead atoms. The molecular formula is C14H18ClNO4. The predicted octanol–water partition coefficient (Wildman–Crippen LogP) is 2.54. The van der Waals surface area contributed by atoms with Gasteiger partial charge in [0, 0.05) is 18.0 Å². The summed E-state index contributed by atoms with van der Waals surface area (Å²) in [5, 5.41) is 9.21. The molecular weight excluding hydrogens is 282 g/mol. The van der Waals surface area contributed by atoms with Crippen LogP contribution >= 0.6 is 11.6 Å².